The Morgan fingerprint density at radius 2 is 2.23 bits per heavy atom. The van der Waals surface area contributed by atoms with E-state index >= 15 is 0 Å². The molecule has 1 amide bonds. The lowest BCUT2D eigenvalue weighted by Gasteiger charge is -2.04. The van der Waals surface area contributed by atoms with Gasteiger partial charge < -0.3 is 0 Å². The molecule has 0 unspecified atom stereocenters. The molecule has 0 bridgehead atoms. The highest BCUT2D eigenvalue weighted by Crippen LogP contribution is 2.15. The first-order chi connectivity index (χ1) is 6.25. The number of carbonyl (C=O) groups excluding carboxylic acids is 1. The molecule has 70 valence electrons. The van der Waals surface area contributed by atoms with Crippen LogP contribution >= 0.6 is 15.9 Å². The first-order valence-corrected chi connectivity index (χ1v) is 4.71. The predicted octanol–water partition coefficient (Wildman–Crippen LogP) is 2.13. The minimum atomic E-state index is -0.241. The van der Waals surface area contributed by atoms with Crippen LogP contribution < -0.4 is 5.48 Å². The van der Waals surface area contributed by atoms with Crippen molar-refractivity contribution in [2.45, 2.75) is 6.92 Å². The van der Waals surface area contributed by atoms with Crippen LogP contribution in [0, 0.1) is 0 Å². The van der Waals surface area contributed by atoms with Crippen molar-refractivity contribution >= 4 is 21.8 Å². The van der Waals surface area contributed by atoms with E-state index in [0.29, 0.717) is 12.2 Å². The van der Waals surface area contributed by atoms with Crippen LogP contribution in [-0.2, 0) is 4.84 Å². The van der Waals surface area contributed by atoms with Crippen LogP contribution in [0.25, 0.3) is 0 Å². The van der Waals surface area contributed by atoms with Gasteiger partial charge in [0.15, 0.2) is 0 Å². The Balaban J connectivity index is 2.71. The van der Waals surface area contributed by atoms with Gasteiger partial charge in [-0.05, 0) is 35.0 Å². The Morgan fingerprint density at radius 3 is 2.85 bits per heavy atom. The lowest BCUT2D eigenvalue weighted by Crippen LogP contribution is -2.23. The van der Waals surface area contributed by atoms with Crippen molar-refractivity contribution in [1.29, 1.82) is 0 Å². The van der Waals surface area contributed by atoms with Gasteiger partial charge in [-0.3, -0.25) is 9.63 Å². The third-order valence-corrected chi connectivity index (χ3v) is 2.12. The number of hydrogen-bond donors (Lipinski definition) is 1. The fourth-order valence-corrected chi connectivity index (χ4v) is 1.30. The highest BCUT2D eigenvalue weighted by atomic mass is 79.9. The highest BCUT2D eigenvalue weighted by Gasteiger charge is 2.07. The highest BCUT2D eigenvalue weighted by molar-refractivity contribution is 9.10. The zero-order valence-corrected chi connectivity index (χ0v) is 8.80. The van der Waals surface area contributed by atoms with Crippen molar-refractivity contribution < 1.29 is 9.63 Å². The second kappa shape index (κ2) is 4.99. The summed E-state index contributed by atoms with van der Waals surface area (Å²) in [6.07, 6.45) is 0. The zero-order valence-electron chi connectivity index (χ0n) is 7.21. The summed E-state index contributed by atoms with van der Waals surface area (Å²) >= 11 is 3.27. The van der Waals surface area contributed by atoms with Gasteiger partial charge in [0.05, 0.1) is 12.2 Å². The smallest absolute Gasteiger partial charge is 0.274 e. The molecule has 1 aromatic rings. The number of rotatable bonds is 3. The molecule has 0 aromatic heterocycles. The van der Waals surface area contributed by atoms with Gasteiger partial charge in [-0.1, -0.05) is 12.1 Å². The number of halogens is 1. The first-order valence-electron chi connectivity index (χ1n) is 3.92. The molecule has 3 nitrogen and oxygen atoms in total. The monoisotopic (exact) mass is 243 g/mol. The largest absolute Gasteiger partial charge is 0.275 e. The van der Waals surface area contributed by atoms with E-state index in [1.807, 2.05) is 6.07 Å². The summed E-state index contributed by atoms with van der Waals surface area (Å²) in [6.45, 7) is 2.26. The standard InChI is InChI=1S/C9H10BrNO2/c1-2-13-11-9(12)7-5-3-4-6-8(7)10/h3-6H,2H2,1H3,(H,11,12). The van der Waals surface area contributed by atoms with Gasteiger partial charge in [0, 0.05) is 4.47 Å². The number of amides is 1. The van der Waals surface area contributed by atoms with Crippen molar-refractivity contribution in [2.24, 2.45) is 0 Å². The Hall–Kier alpha value is -0.870. The lowest BCUT2D eigenvalue weighted by atomic mass is 10.2. The summed E-state index contributed by atoms with van der Waals surface area (Å²) in [5, 5.41) is 0. The van der Waals surface area contributed by atoms with Gasteiger partial charge in [0.25, 0.3) is 5.91 Å². The third kappa shape index (κ3) is 2.82. The van der Waals surface area contributed by atoms with Gasteiger partial charge in [-0.15, -0.1) is 0 Å². The van der Waals surface area contributed by atoms with Crippen LogP contribution in [0.3, 0.4) is 0 Å². The summed E-state index contributed by atoms with van der Waals surface area (Å²) in [4.78, 5) is 16.1. The summed E-state index contributed by atoms with van der Waals surface area (Å²) in [5.74, 6) is -0.241. The predicted molar refractivity (Wildman–Crippen MR) is 53.2 cm³/mol. The molecule has 0 radical (unpaired) electrons. The molecular weight excluding hydrogens is 234 g/mol. The van der Waals surface area contributed by atoms with Crippen molar-refractivity contribution in [1.82, 2.24) is 5.48 Å². The van der Waals surface area contributed by atoms with Crippen LogP contribution in [-0.4, -0.2) is 12.5 Å². The third-order valence-electron chi connectivity index (χ3n) is 1.43. The van der Waals surface area contributed by atoms with Crippen LogP contribution in [0.2, 0.25) is 0 Å². The molecule has 1 aromatic carbocycles. The van der Waals surface area contributed by atoms with E-state index in [-0.39, 0.29) is 5.91 Å². The number of benzene rings is 1. The minimum Gasteiger partial charge on any atom is -0.274 e. The fraction of sp³-hybridized carbons (Fsp3) is 0.222. The molecule has 4 heteroatoms. The summed E-state index contributed by atoms with van der Waals surface area (Å²) < 4.78 is 0.757. The molecular formula is C9H10BrNO2. The van der Waals surface area contributed by atoms with Crippen LogP contribution in [0.4, 0.5) is 0 Å². The minimum absolute atomic E-state index is 0.241. The SMILES string of the molecule is CCONC(=O)c1ccccc1Br. The van der Waals surface area contributed by atoms with Crippen LogP contribution in [0.5, 0.6) is 0 Å². The van der Waals surface area contributed by atoms with Gasteiger partial charge in [-0.2, -0.15) is 0 Å². The van der Waals surface area contributed by atoms with E-state index in [1.165, 1.54) is 0 Å². The molecule has 0 aliphatic heterocycles. The number of hydroxylamine groups is 1. The number of carbonyl (C=O) groups is 1. The van der Waals surface area contributed by atoms with E-state index in [9.17, 15) is 4.79 Å². The Bertz CT molecular complexity index is 301. The molecule has 1 rings (SSSR count). The molecule has 0 fully saturated rings. The molecule has 0 saturated carbocycles. The molecule has 0 spiro atoms. The topological polar surface area (TPSA) is 38.3 Å². The molecule has 0 saturated heterocycles. The van der Waals surface area contributed by atoms with E-state index in [0.717, 1.165) is 4.47 Å². The maximum absolute atomic E-state index is 11.4. The molecule has 13 heavy (non-hydrogen) atoms. The van der Waals surface area contributed by atoms with Crippen molar-refractivity contribution in [3.8, 4) is 0 Å². The van der Waals surface area contributed by atoms with E-state index < -0.39 is 0 Å². The van der Waals surface area contributed by atoms with Crippen LogP contribution in [0.15, 0.2) is 28.7 Å². The van der Waals surface area contributed by atoms with E-state index in [2.05, 4.69) is 21.4 Å². The van der Waals surface area contributed by atoms with Crippen molar-refractivity contribution in [3.63, 3.8) is 0 Å². The lowest BCUT2D eigenvalue weighted by molar-refractivity contribution is 0.0364. The summed E-state index contributed by atoms with van der Waals surface area (Å²) in [5.41, 5.74) is 2.89. The van der Waals surface area contributed by atoms with E-state index in [1.54, 1.807) is 25.1 Å². The average Bonchev–Trinajstić information content (AvgIpc) is 2.15. The van der Waals surface area contributed by atoms with Gasteiger partial charge in [-0.25, -0.2) is 5.48 Å². The second-order valence-electron chi connectivity index (χ2n) is 2.34. The molecule has 0 atom stereocenters. The van der Waals surface area contributed by atoms with Crippen molar-refractivity contribution in [3.05, 3.63) is 34.3 Å². The van der Waals surface area contributed by atoms with E-state index in [4.69, 9.17) is 4.84 Å². The summed E-state index contributed by atoms with van der Waals surface area (Å²) in [6, 6.07) is 7.17. The zero-order chi connectivity index (χ0) is 9.68. The Labute approximate surface area is 85.2 Å². The maximum Gasteiger partial charge on any atom is 0.275 e. The average molecular weight is 244 g/mol. The number of hydrogen-bond acceptors (Lipinski definition) is 2. The molecule has 0 aliphatic rings. The maximum atomic E-state index is 11.4. The molecule has 0 aliphatic carbocycles. The number of nitrogens with one attached hydrogen (secondary N) is 1. The summed E-state index contributed by atoms with van der Waals surface area (Å²) in [7, 11) is 0. The molecule has 1 N–H and O–H groups in total. The van der Waals surface area contributed by atoms with Gasteiger partial charge >= 0.3 is 0 Å². The first kappa shape index (κ1) is 10.2. The second-order valence-corrected chi connectivity index (χ2v) is 3.20. The fourth-order valence-electron chi connectivity index (χ4n) is 0.838. The van der Waals surface area contributed by atoms with Crippen LogP contribution in [0.1, 0.15) is 17.3 Å². The Kier molecular flexibility index (Phi) is 3.92. The van der Waals surface area contributed by atoms with Gasteiger partial charge in [0.2, 0.25) is 0 Å². The van der Waals surface area contributed by atoms with Crippen molar-refractivity contribution in [2.75, 3.05) is 6.61 Å². The van der Waals surface area contributed by atoms with Gasteiger partial charge in [0.1, 0.15) is 0 Å². The quantitative estimate of drug-likeness (QED) is 0.827. The Morgan fingerprint density at radius 1 is 1.54 bits per heavy atom. The normalized spacial score (nSPS) is 9.69. The molecule has 0 heterocycles.